The normalized spacial score (nSPS) is 10.9. The number of aromatic hydroxyl groups is 1. The molecule has 3 rings (SSSR count). The number of fused-ring (bicyclic) bond motifs is 1. The SMILES string of the molecule is N#Cc1ccccc1OCC(=O)N=Nc1c(O)[nH]c2ccc(F)cc12. The summed E-state index contributed by atoms with van der Waals surface area (Å²) in [5.74, 6) is -1.30. The number of carbonyl (C=O) groups is 1. The fourth-order valence-electron chi connectivity index (χ4n) is 2.20. The summed E-state index contributed by atoms with van der Waals surface area (Å²) < 4.78 is 18.6. The smallest absolute Gasteiger partial charge is 0.302 e. The van der Waals surface area contributed by atoms with Gasteiger partial charge in [-0.3, -0.25) is 4.79 Å². The molecule has 1 aromatic heterocycles. The number of carbonyl (C=O) groups excluding carboxylic acids is 1. The van der Waals surface area contributed by atoms with Gasteiger partial charge in [-0.2, -0.15) is 5.26 Å². The van der Waals surface area contributed by atoms with Crippen LogP contribution >= 0.6 is 0 Å². The maximum Gasteiger partial charge on any atom is 0.302 e. The van der Waals surface area contributed by atoms with Crippen LogP contribution in [-0.2, 0) is 4.79 Å². The molecule has 0 spiro atoms. The second-order valence-electron chi connectivity index (χ2n) is 5.00. The summed E-state index contributed by atoms with van der Waals surface area (Å²) in [5, 5.41) is 26.2. The van der Waals surface area contributed by atoms with Gasteiger partial charge in [-0.25, -0.2) is 4.39 Å². The van der Waals surface area contributed by atoms with Crippen LogP contribution in [0.5, 0.6) is 11.6 Å². The Morgan fingerprint density at radius 2 is 2.12 bits per heavy atom. The van der Waals surface area contributed by atoms with Gasteiger partial charge in [0.1, 0.15) is 17.6 Å². The molecule has 1 heterocycles. The van der Waals surface area contributed by atoms with Gasteiger partial charge in [0.2, 0.25) is 5.88 Å². The molecule has 0 atom stereocenters. The maximum atomic E-state index is 13.3. The van der Waals surface area contributed by atoms with Crippen LogP contribution in [0.15, 0.2) is 52.7 Å². The number of H-pyrrole nitrogens is 1. The van der Waals surface area contributed by atoms with Crippen LogP contribution in [0.25, 0.3) is 10.9 Å². The zero-order valence-electron chi connectivity index (χ0n) is 12.7. The fourth-order valence-corrected chi connectivity index (χ4v) is 2.20. The highest BCUT2D eigenvalue weighted by Gasteiger charge is 2.12. The third-order valence-electron chi connectivity index (χ3n) is 3.33. The monoisotopic (exact) mass is 338 g/mol. The fraction of sp³-hybridized carbons (Fsp3) is 0.0588. The zero-order chi connectivity index (χ0) is 17.8. The van der Waals surface area contributed by atoms with Gasteiger partial charge in [-0.05, 0) is 30.3 Å². The molecule has 0 aliphatic rings. The average molecular weight is 338 g/mol. The van der Waals surface area contributed by atoms with Crippen molar-refractivity contribution in [2.75, 3.05) is 6.61 Å². The van der Waals surface area contributed by atoms with Gasteiger partial charge >= 0.3 is 5.91 Å². The number of nitrogens with zero attached hydrogens (tertiary/aromatic N) is 3. The van der Waals surface area contributed by atoms with E-state index in [1.54, 1.807) is 24.3 Å². The van der Waals surface area contributed by atoms with Gasteiger partial charge in [-0.1, -0.05) is 12.1 Å². The molecule has 2 N–H and O–H groups in total. The summed E-state index contributed by atoms with van der Waals surface area (Å²) in [5.41, 5.74) is 0.705. The molecule has 0 fully saturated rings. The maximum absolute atomic E-state index is 13.3. The van der Waals surface area contributed by atoms with E-state index in [1.807, 2.05) is 6.07 Å². The lowest BCUT2D eigenvalue weighted by atomic mass is 10.2. The number of aromatic nitrogens is 1. The summed E-state index contributed by atoms with van der Waals surface area (Å²) in [4.78, 5) is 14.4. The van der Waals surface area contributed by atoms with Gasteiger partial charge < -0.3 is 14.8 Å². The first-order chi connectivity index (χ1) is 12.1. The van der Waals surface area contributed by atoms with Crippen LogP contribution in [0, 0.1) is 17.1 Å². The summed E-state index contributed by atoms with van der Waals surface area (Å²) in [7, 11) is 0. The molecular formula is C17H11FN4O3. The van der Waals surface area contributed by atoms with Crippen molar-refractivity contribution in [3.05, 3.63) is 53.8 Å². The Bertz CT molecular complexity index is 1020. The molecule has 0 aliphatic carbocycles. The zero-order valence-corrected chi connectivity index (χ0v) is 12.7. The van der Waals surface area contributed by atoms with Crippen molar-refractivity contribution in [3.8, 4) is 17.7 Å². The number of nitrogens with one attached hydrogen (secondary N) is 1. The highest BCUT2D eigenvalue weighted by molar-refractivity contribution is 5.94. The van der Waals surface area contributed by atoms with E-state index in [2.05, 4.69) is 15.2 Å². The number of rotatable bonds is 4. The number of nitriles is 1. The van der Waals surface area contributed by atoms with Crippen LogP contribution in [0.1, 0.15) is 5.56 Å². The lowest BCUT2D eigenvalue weighted by Gasteiger charge is -2.04. The topological polar surface area (TPSA) is 111 Å². The van der Waals surface area contributed by atoms with Gasteiger partial charge in [-0.15, -0.1) is 10.2 Å². The first kappa shape index (κ1) is 16.1. The number of azo groups is 1. The molecule has 0 bridgehead atoms. The number of benzene rings is 2. The predicted octanol–water partition coefficient (Wildman–Crippen LogP) is 3.57. The quantitative estimate of drug-likeness (QED) is 0.708. The van der Waals surface area contributed by atoms with E-state index in [0.29, 0.717) is 10.9 Å². The molecule has 7 nitrogen and oxygen atoms in total. The van der Waals surface area contributed by atoms with Crippen molar-refractivity contribution in [3.63, 3.8) is 0 Å². The predicted molar refractivity (Wildman–Crippen MR) is 86.1 cm³/mol. The minimum Gasteiger partial charge on any atom is -0.493 e. The second kappa shape index (κ2) is 6.80. The van der Waals surface area contributed by atoms with Gasteiger partial charge in [0.25, 0.3) is 0 Å². The Kier molecular flexibility index (Phi) is 4.39. The van der Waals surface area contributed by atoms with Gasteiger partial charge in [0.05, 0.1) is 11.1 Å². The number of para-hydroxylation sites is 1. The van der Waals surface area contributed by atoms with E-state index >= 15 is 0 Å². The Morgan fingerprint density at radius 1 is 1.32 bits per heavy atom. The minimum absolute atomic E-state index is 0.0414. The minimum atomic E-state index is -0.724. The van der Waals surface area contributed by atoms with Crippen LogP contribution in [0.4, 0.5) is 10.1 Å². The second-order valence-corrected chi connectivity index (χ2v) is 5.00. The number of amides is 1. The molecule has 0 saturated carbocycles. The summed E-state index contributed by atoms with van der Waals surface area (Å²) >= 11 is 0. The lowest BCUT2D eigenvalue weighted by Crippen LogP contribution is -2.08. The molecule has 2 aromatic carbocycles. The van der Waals surface area contributed by atoms with Crippen molar-refractivity contribution >= 4 is 22.5 Å². The Balaban J connectivity index is 1.74. The van der Waals surface area contributed by atoms with E-state index in [1.165, 1.54) is 18.2 Å². The Hall–Kier alpha value is -3.73. The number of hydrogen-bond acceptors (Lipinski definition) is 5. The highest BCUT2D eigenvalue weighted by atomic mass is 19.1. The van der Waals surface area contributed by atoms with Crippen LogP contribution in [0.3, 0.4) is 0 Å². The van der Waals surface area contributed by atoms with Crippen LogP contribution < -0.4 is 4.74 Å². The van der Waals surface area contributed by atoms with Crippen molar-refractivity contribution in [1.82, 2.24) is 4.98 Å². The van der Waals surface area contributed by atoms with Crippen LogP contribution in [0.2, 0.25) is 0 Å². The number of halogens is 1. The summed E-state index contributed by atoms with van der Waals surface area (Å²) in [6.07, 6.45) is 0. The van der Waals surface area contributed by atoms with Gasteiger partial charge in [0, 0.05) is 5.39 Å². The van der Waals surface area contributed by atoms with E-state index in [4.69, 9.17) is 10.00 Å². The summed E-state index contributed by atoms with van der Waals surface area (Å²) in [6, 6.07) is 12.2. The highest BCUT2D eigenvalue weighted by Crippen LogP contribution is 2.35. The Morgan fingerprint density at radius 3 is 2.92 bits per heavy atom. The third kappa shape index (κ3) is 3.45. The molecule has 0 radical (unpaired) electrons. The first-order valence-electron chi connectivity index (χ1n) is 7.15. The van der Waals surface area contributed by atoms with Gasteiger partial charge in [0.15, 0.2) is 12.3 Å². The van der Waals surface area contributed by atoms with E-state index in [-0.39, 0.29) is 22.9 Å². The molecule has 1 amide bonds. The number of ether oxygens (including phenoxy) is 1. The molecule has 25 heavy (non-hydrogen) atoms. The number of aromatic amines is 1. The first-order valence-corrected chi connectivity index (χ1v) is 7.15. The summed E-state index contributed by atoms with van der Waals surface area (Å²) in [6.45, 7) is -0.431. The van der Waals surface area contributed by atoms with Crippen LogP contribution in [-0.4, -0.2) is 22.6 Å². The molecule has 0 unspecified atom stereocenters. The molecular weight excluding hydrogens is 327 g/mol. The third-order valence-corrected chi connectivity index (χ3v) is 3.33. The van der Waals surface area contributed by atoms with Crippen molar-refractivity contribution in [1.29, 1.82) is 5.26 Å². The molecule has 0 saturated heterocycles. The lowest BCUT2D eigenvalue weighted by molar-refractivity contribution is -0.120. The molecule has 0 aliphatic heterocycles. The standard InChI is InChI=1S/C17H11FN4O3/c18-11-5-6-13-12(7-11)16(17(24)20-13)22-21-15(23)9-25-14-4-2-1-3-10(14)8-19/h1-7,20,24H,9H2. The average Bonchev–Trinajstić information content (AvgIpc) is 2.93. The van der Waals surface area contributed by atoms with E-state index < -0.39 is 18.3 Å². The van der Waals surface area contributed by atoms with E-state index in [0.717, 1.165) is 0 Å². The van der Waals surface area contributed by atoms with E-state index in [9.17, 15) is 14.3 Å². The number of hydrogen-bond donors (Lipinski definition) is 2. The molecule has 3 aromatic rings. The molecule has 8 heteroatoms. The largest absolute Gasteiger partial charge is 0.493 e. The van der Waals surface area contributed by atoms with Crippen molar-refractivity contribution in [2.45, 2.75) is 0 Å². The van der Waals surface area contributed by atoms with Crippen molar-refractivity contribution in [2.24, 2.45) is 10.2 Å². The molecule has 124 valence electrons. The Labute approximate surface area is 141 Å². The van der Waals surface area contributed by atoms with Crippen molar-refractivity contribution < 1.29 is 19.0 Å².